The highest BCUT2D eigenvalue weighted by Gasteiger charge is 2.18. The number of carboxylic acid groups (broad SMARTS) is 1. The van der Waals surface area contributed by atoms with E-state index in [1.807, 2.05) is 13.8 Å². The van der Waals surface area contributed by atoms with Gasteiger partial charge in [0, 0.05) is 11.1 Å². The summed E-state index contributed by atoms with van der Waals surface area (Å²) in [6.45, 7) is 7.88. The molecule has 0 aliphatic carbocycles. The van der Waals surface area contributed by atoms with Crippen LogP contribution in [0.1, 0.15) is 58.8 Å². The zero-order valence-electron chi connectivity index (χ0n) is 16.9. The Morgan fingerprint density at radius 2 is 1.66 bits per heavy atom. The molecule has 0 unspecified atom stereocenters. The van der Waals surface area contributed by atoms with E-state index in [-0.39, 0.29) is 28.6 Å². The van der Waals surface area contributed by atoms with E-state index in [9.17, 15) is 19.5 Å². The van der Waals surface area contributed by atoms with Crippen molar-refractivity contribution in [3.05, 3.63) is 53.1 Å². The fraction of sp³-hybridized carbons (Fsp3) is 0.318. The summed E-state index contributed by atoms with van der Waals surface area (Å²) in [4.78, 5) is 36.0. The van der Waals surface area contributed by atoms with E-state index in [0.29, 0.717) is 30.2 Å². The van der Waals surface area contributed by atoms with Crippen molar-refractivity contribution < 1.29 is 29.0 Å². The molecular formula is C22H25NO6. The maximum atomic E-state index is 12.7. The highest BCUT2D eigenvalue weighted by atomic mass is 16.5. The highest BCUT2D eigenvalue weighted by Crippen LogP contribution is 2.28. The summed E-state index contributed by atoms with van der Waals surface area (Å²) in [6, 6.07) is 8.99. The topological polar surface area (TPSA) is 102 Å². The van der Waals surface area contributed by atoms with Crippen LogP contribution in [0.15, 0.2) is 36.4 Å². The largest absolute Gasteiger partial charge is 0.492 e. The molecule has 0 radical (unpaired) electrons. The first-order valence-electron chi connectivity index (χ1n) is 9.32. The van der Waals surface area contributed by atoms with E-state index in [0.717, 1.165) is 0 Å². The van der Waals surface area contributed by atoms with Crippen LogP contribution < -0.4 is 14.8 Å². The van der Waals surface area contributed by atoms with Gasteiger partial charge in [-0.25, -0.2) is 4.79 Å². The lowest BCUT2D eigenvalue weighted by atomic mass is 10.1. The Morgan fingerprint density at radius 3 is 2.24 bits per heavy atom. The minimum Gasteiger partial charge on any atom is -0.492 e. The van der Waals surface area contributed by atoms with Crippen molar-refractivity contribution in [2.45, 2.75) is 27.7 Å². The van der Waals surface area contributed by atoms with Gasteiger partial charge in [0.05, 0.1) is 18.9 Å². The summed E-state index contributed by atoms with van der Waals surface area (Å²) in [7, 11) is 0. The predicted octanol–water partition coefficient (Wildman–Crippen LogP) is 4.27. The maximum absolute atomic E-state index is 12.7. The van der Waals surface area contributed by atoms with Crippen LogP contribution in [0.4, 0.5) is 5.69 Å². The van der Waals surface area contributed by atoms with Gasteiger partial charge in [0.2, 0.25) is 0 Å². The molecule has 2 aromatic rings. The number of carbonyl (C=O) groups is 3. The van der Waals surface area contributed by atoms with Gasteiger partial charge >= 0.3 is 5.97 Å². The van der Waals surface area contributed by atoms with E-state index in [2.05, 4.69) is 5.32 Å². The predicted molar refractivity (Wildman–Crippen MR) is 109 cm³/mol. The van der Waals surface area contributed by atoms with E-state index in [4.69, 9.17) is 9.47 Å². The van der Waals surface area contributed by atoms with E-state index in [1.165, 1.54) is 31.2 Å². The van der Waals surface area contributed by atoms with E-state index in [1.54, 1.807) is 19.1 Å². The van der Waals surface area contributed by atoms with Gasteiger partial charge in [-0.2, -0.15) is 0 Å². The molecule has 0 bridgehead atoms. The normalized spacial score (nSPS) is 10.5. The summed E-state index contributed by atoms with van der Waals surface area (Å²) in [5.41, 5.74) is 0.810. The Labute approximate surface area is 169 Å². The number of anilines is 1. The van der Waals surface area contributed by atoms with E-state index < -0.39 is 11.9 Å². The van der Waals surface area contributed by atoms with Crippen molar-refractivity contribution in [2.75, 3.05) is 18.5 Å². The molecule has 0 saturated heterocycles. The van der Waals surface area contributed by atoms with Crippen LogP contribution in [-0.2, 0) is 0 Å². The lowest BCUT2D eigenvalue weighted by Crippen LogP contribution is -2.15. The molecule has 0 spiro atoms. The molecular weight excluding hydrogens is 374 g/mol. The summed E-state index contributed by atoms with van der Waals surface area (Å²) >= 11 is 0. The lowest BCUT2D eigenvalue weighted by molar-refractivity contribution is 0.0691. The summed E-state index contributed by atoms with van der Waals surface area (Å²) in [5, 5.41) is 12.2. The molecule has 0 aliphatic heterocycles. The Balaban J connectivity index is 2.33. The first-order valence-corrected chi connectivity index (χ1v) is 9.32. The number of aromatic carboxylic acids is 1. The third-order valence-corrected chi connectivity index (χ3v) is 3.98. The molecule has 154 valence electrons. The Bertz CT molecular complexity index is 920. The highest BCUT2D eigenvalue weighted by molar-refractivity contribution is 6.07. The molecule has 1 amide bonds. The molecule has 7 heteroatoms. The summed E-state index contributed by atoms with van der Waals surface area (Å²) in [5.74, 6) is -1.01. The number of carbonyl (C=O) groups excluding carboxylic acids is 2. The van der Waals surface area contributed by atoms with Crippen molar-refractivity contribution in [3.63, 3.8) is 0 Å². The third kappa shape index (κ3) is 5.81. The molecule has 0 aromatic heterocycles. The van der Waals surface area contributed by atoms with Crippen LogP contribution in [0.3, 0.4) is 0 Å². The van der Waals surface area contributed by atoms with Gasteiger partial charge in [-0.1, -0.05) is 13.8 Å². The van der Waals surface area contributed by atoms with Crippen molar-refractivity contribution >= 4 is 23.3 Å². The molecule has 0 fully saturated rings. The number of Topliss-reactive ketones (excluding diaryl/α,β-unsaturated/α-hetero) is 1. The van der Waals surface area contributed by atoms with Crippen LogP contribution in [0.5, 0.6) is 11.5 Å². The van der Waals surface area contributed by atoms with Crippen molar-refractivity contribution in [3.8, 4) is 11.5 Å². The molecule has 0 aliphatic rings. The van der Waals surface area contributed by atoms with Crippen LogP contribution >= 0.6 is 0 Å². The first kappa shape index (κ1) is 21.9. The fourth-order valence-corrected chi connectivity index (χ4v) is 2.54. The number of rotatable bonds is 9. The average Bonchev–Trinajstić information content (AvgIpc) is 2.67. The lowest BCUT2D eigenvalue weighted by Gasteiger charge is -2.14. The van der Waals surface area contributed by atoms with Gasteiger partial charge in [0.15, 0.2) is 5.78 Å². The van der Waals surface area contributed by atoms with Crippen LogP contribution in [-0.4, -0.2) is 36.0 Å². The van der Waals surface area contributed by atoms with Crippen LogP contribution in [0.2, 0.25) is 0 Å². The van der Waals surface area contributed by atoms with Crippen molar-refractivity contribution in [1.82, 2.24) is 0 Å². The maximum Gasteiger partial charge on any atom is 0.339 e. The SMILES string of the molecule is CCOc1ccc(C(C)=O)cc1NC(=O)c1ccc(OCC(C)C)c(C(=O)O)c1. The van der Waals surface area contributed by atoms with Crippen molar-refractivity contribution in [1.29, 1.82) is 0 Å². The van der Waals surface area contributed by atoms with Crippen LogP contribution in [0.25, 0.3) is 0 Å². The number of hydrogen-bond donors (Lipinski definition) is 2. The number of amides is 1. The molecule has 0 heterocycles. The average molecular weight is 399 g/mol. The smallest absolute Gasteiger partial charge is 0.339 e. The Kier molecular flexibility index (Phi) is 7.36. The fourth-order valence-electron chi connectivity index (χ4n) is 2.54. The minimum atomic E-state index is -1.19. The van der Waals surface area contributed by atoms with Gasteiger partial charge in [-0.15, -0.1) is 0 Å². The van der Waals surface area contributed by atoms with Gasteiger partial charge in [-0.3, -0.25) is 9.59 Å². The number of hydrogen-bond acceptors (Lipinski definition) is 5. The third-order valence-electron chi connectivity index (χ3n) is 3.98. The Morgan fingerprint density at radius 1 is 1.00 bits per heavy atom. The molecule has 7 nitrogen and oxygen atoms in total. The second kappa shape index (κ2) is 9.73. The molecule has 29 heavy (non-hydrogen) atoms. The van der Waals surface area contributed by atoms with Gasteiger partial charge < -0.3 is 19.9 Å². The van der Waals surface area contributed by atoms with E-state index >= 15 is 0 Å². The molecule has 0 saturated carbocycles. The monoisotopic (exact) mass is 399 g/mol. The minimum absolute atomic E-state index is 0.0965. The van der Waals surface area contributed by atoms with Gasteiger partial charge in [0.25, 0.3) is 5.91 Å². The second-order valence-electron chi connectivity index (χ2n) is 6.88. The summed E-state index contributed by atoms with van der Waals surface area (Å²) in [6.07, 6.45) is 0. The number of ketones is 1. The zero-order chi connectivity index (χ0) is 21.6. The first-order chi connectivity index (χ1) is 13.7. The van der Waals surface area contributed by atoms with Gasteiger partial charge in [-0.05, 0) is 56.2 Å². The van der Waals surface area contributed by atoms with Crippen LogP contribution in [0, 0.1) is 5.92 Å². The standard InChI is InChI=1S/C22H25NO6/c1-5-28-20-9-6-15(14(4)24)11-18(20)23-21(25)16-7-8-19(29-12-13(2)3)17(10-16)22(26)27/h6-11,13H,5,12H2,1-4H3,(H,23,25)(H,26,27). The summed E-state index contributed by atoms with van der Waals surface area (Å²) < 4.78 is 11.0. The molecule has 0 atom stereocenters. The quantitative estimate of drug-likeness (QED) is 0.611. The van der Waals surface area contributed by atoms with Crippen molar-refractivity contribution in [2.24, 2.45) is 5.92 Å². The Hall–Kier alpha value is -3.35. The number of nitrogens with one attached hydrogen (secondary N) is 1. The zero-order valence-corrected chi connectivity index (χ0v) is 16.9. The molecule has 2 aromatic carbocycles. The second-order valence-corrected chi connectivity index (χ2v) is 6.88. The molecule has 2 N–H and O–H groups in total. The molecule has 2 rings (SSSR count). The number of benzene rings is 2. The number of carboxylic acids is 1. The van der Waals surface area contributed by atoms with Gasteiger partial charge in [0.1, 0.15) is 17.1 Å². The number of ether oxygens (including phenoxy) is 2.